The Morgan fingerprint density at radius 1 is 1.28 bits per heavy atom. The molecule has 1 aromatic carbocycles. The highest BCUT2D eigenvalue weighted by Crippen LogP contribution is 2.18. The summed E-state index contributed by atoms with van der Waals surface area (Å²) in [7, 11) is 0. The van der Waals surface area contributed by atoms with Gasteiger partial charge in [-0.3, -0.25) is 0 Å². The van der Waals surface area contributed by atoms with Crippen molar-refractivity contribution in [2.75, 3.05) is 0 Å². The Morgan fingerprint density at radius 2 is 2.06 bits per heavy atom. The Morgan fingerprint density at radius 3 is 2.78 bits per heavy atom. The van der Waals surface area contributed by atoms with E-state index in [0.29, 0.717) is 5.69 Å². The number of benzene rings is 1. The molecule has 0 radical (unpaired) electrons. The second-order valence-electron chi connectivity index (χ2n) is 3.46. The van der Waals surface area contributed by atoms with E-state index in [1.807, 2.05) is 0 Å². The first-order valence-electron chi connectivity index (χ1n) is 5.16. The van der Waals surface area contributed by atoms with Crippen molar-refractivity contribution in [3.8, 4) is 11.4 Å². The lowest BCUT2D eigenvalue weighted by Crippen LogP contribution is -1.94. The van der Waals surface area contributed by atoms with Gasteiger partial charge in [-0.1, -0.05) is 12.1 Å². The smallest absolute Gasteiger partial charge is 0.328 e. The molecule has 0 atom stereocenters. The fraction of sp³-hybridized carbons (Fsp3) is 0. The molecular formula is C13H9FN2O2. The zero-order chi connectivity index (χ0) is 13.0. The van der Waals surface area contributed by atoms with E-state index in [1.165, 1.54) is 18.3 Å². The molecule has 0 spiro atoms. The predicted molar refractivity (Wildman–Crippen MR) is 64.1 cm³/mol. The van der Waals surface area contributed by atoms with Crippen LogP contribution in [0.15, 0.2) is 42.6 Å². The molecule has 5 heteroatoms. The minimum absolute atomic E-state index is 0.223. The average molecular weight is 244 g/mol. The highest BCUT2D eigenvalue weighted by molar-refractivity contribution is 5.84. The summed E-state index contributed by atoms with van der Waals surface area (Å²) < 4.78 is 13.5. The first-order valence-corrected chi connectivity index (χ1v) is 5.16. The molecule has 2 rings (SSSR count). The van der Waals surface area contributed by atoms with Gasteiger partial charge in [0, 0.05) is 12.3 Å². The van der Waals surface area contributed by atoms with Crippen LogP contribution in [0.5, 0.6) is 0 Å². The van der Waals surface area contributed by atoms with E-state index in [2.05, 4.69) is 9.97 Å². The Balaban J connectivity index is 2.39. The summed E-state index contributed by atoms with van der Waals surface area (Å²) in [5, 5.41) is 8.52. The Kier molecular flexibility index (Phi) is 3.43. The van der Waals surface area contributed by atoms with Crippen molar-refractivity contribution in [1.82, 2.24) is 9.97 Å². The molecule has 0 fully saturated rings. The highest BCUT2D eigenvalue weighted by atomic mass is 19.1. The molecule has 2 aromatic rings. The molecule has 0 saturated carbocycles. The lowest BCUT2D eigenvalue weighted by Gasteiger charge is -2.01. The number of carboxylic acid groups (broad SMARTS) is 1. The van der Waals surface area contributed by atoms with E-state index < -0.39 is 11.8 Å². The van der Waals surface area contributed by atoms with Crippen LogP contribution in [-0.4, -0.2) is 21.0 Å². The van der Waals surface area contributed by atoms with Crippen molar-refractivity contribution in [2.45, 2.75) is 0 Å². The van der Waals surface area contributed by atoms with Crippen molar-refractivity contribution in [1.29, 1.82) is 0 Å². The number of hydrogen-bond acceptors (Lipinski definition) is 3. The predicted octanol–water partition coefficient (Wildman–Crippen LogP) is 2.38. The van der Waals surface area contributed by atoms with Gasteiger partial charge in [-0.15, -0.1) is 0 Å². The number of halogens is 1. The molecule has 0 aliphatic rings. The zero-order valence-corrected chi connectivity index (χ0v) is 9.25. The lowest BCUT2D eigenvalue weighted by atomic mass is 10.2. The number of carboxylic acids is 1. The van der Waals surface area contributed by atoms with Crippen LogP contribution in [0.1, 0.15) is 5.69 Å². The third-order valence-corrected chi connectivity index (χ3v) is 2.19. The quantitative estimate of drug-likeness (QED) is 0.842. The molecule has 18 heavy (non-hydrogen) atoms. The summed E-state index contributed by atoms with van der Waals surface area (Å²) in [5.41, 5.74) is 0.689. The van der Waals surface area contributed by atoms with Gasteiger partial charge in [0.1, 0.15) is 5.82 Å². The van der Waals surface area contributed by atoms with Crippen molar-refractivity contribution in [3.05, 3.63) is 54.1 Å². The van der Waals surface area contributed by atoms with Gasteiger partial charge >= 0.3 is 5.97 Å². The van der Waals surface area contributed by atoms with E-state index in [-0.39, 0.29) is 11.4 Å². The largest absolute Gasteiger partial charge is 0.478 e. The molecule has 1 heterocycles. The minimum atomic E-state index is -1.07. The number of nitrogens with zero attached hydrogens (tertiary/aromatic N) is 2. The standard InChI is InChI=1S/C13H9FN2O2/c14-11-4-2-1-3-10(11)13-15-8-7-9(16-13)5-6-12(17)18/h1-8H,(H,17,18)/b6-5+. The van der Waals surface area contributed by atoms with Gasteiger partial charge in [0.25, 0.3) is 0 Å². The molecule has 0 aliphatic carbocycles. The third-order valence-electron chi connectivity index (χ3n) is 2.19. The first-order chi connectivity index (χ1) is 8.66. The van der Waals surface area contributed by atoms with Crippen LogP contribution in [0.4, 0.5) is 4.39 Å². The SMILES string of the molecule is O=C(O)/C=C/c1ccnc(-c2ccccc2F)n1. The van der Waals surface area contributed by atoms with E-state index in [4.69, 9.17) is 5.11 Å². The molecule has 0 unspecified atom stereocenters. The van der Waals surface area contributed by atoms with Gasteiger partial charge in [0.05, 0.1) is 11.3 Å². The number of rotatable bonds is 3. The van der Waals surface area contributed by atoms with Crippen LogP contribution in [0.2, 0.25) is 0 Å². The maximum absolute atomic E-state index is 13.5. The highest BCUT2D eigenvalue weighted by Gasteiger charge is 2.06. The van der Waals surface area contributed by atoms with Crippen LogP contribution in [-0.2, 0) is 4.79 Å². The molecule has 0 aliphatic heterocycles. The third kappa shape index (κ3) is 2.76. The summed E-state index contributed by atoms with van der Waals surface area (Å²) in [5.74, 6) is -1.27. The van der Waals surface area contributed by atoms with Crippen molar-refractivity contribution < 1.29 is 14.3 Å². The maximum atomic E-state index is 13.5. The Hall–Kier alpha value is -2.56. The van der Waals surface area contributed by atoms with Crippen molar-refractivity contribution >= 4 is 12.0 Å². The zero-order valence-electron chi connectivity index (χ0n) is 9.25. The van der Waals surface area contributed by atoms with Gasteiger partial charge in [0.2, 0.25) is 0 Å². The molecule has 90 valence electrons. The summed E-state index contributed by atoms with van der Waals surface area (Å²) in [6.45, 7) is 0. The first kappa shape index (κ1) is 11.9. The minimum Gasteiger partial charge on any atom is -0.478 e. The van der Waals surface area contributed by atoms with Crippen LogP contribution >= 0.6 is 0 Å². The monoisotopic (exact) mass is 244 g/mol. The van der Waals surface area contributed by atoms with Gasteiger partial charge in [0.15, 0.2) is 5.82 Å². The maximum Gasteiger partial charge on any atom is 0.328 e. The molecule has 1 N–H and O–H groups in total. The fourth-order valence-corrected chi connectivity index (χ4v) is 1.39. The Labute approximate surface area is 102 Å². The Bertz CT molecular complexity index is 611. The number of aliphatic carboxylic acids is 1. The molecule has 0 bridgehead atoms. The molecule has 4 nitrogen and oxygen atoms in total. The summed E-state index contributed by atoms with van der Waals surface area (Å²) >= 11 is 0. The second-order valence-corrected chi connectivity index (χ2v) is 3.46. The van der Waals surface area contributed by atoms with Crippen LogP contribution in [0, 0.1) is 5.82 Å². The van der Waals surface area contributed by atoms with E-state index in [0.717, 1.165) is 6.08 Å². The summed E-state index contributed by atoms with van der Waals surface area (Å²) in [6.07, 6.45) is 3.75. The average Bonchev–Trinajstić information content (AvgIpc) is 2.37. The van der Waals surface area contributed by atoms with E-state index >= 15 is 0 Å². The van der Waals surface area contributed by atoms with Gasteiger partial charge < -0.3 is 5.11 Å². The number of carbonyl (C=O) groups is 1. The molecule has 0 amide bonds. The summed E-state index contributed by atoms with van der Waals surface area (Å²) in [4.78, 5) is 18.4. The topological polar surface area (TPSA) is 63.1 Å². The van der Waals surface area contributed by atoms with Crippen LogP contribution < -0.4 is 0 Å². The van der Waals surface area contributed by atoms with Gasteiger partial charge in [-0.05, 0) is 24.3 Å². The summed E-state index contributed by atoms with van der Waals surface area (Å²) in [6, 6.07) is 7.69. The number of aromatic nitrogens is 2. The second kappa shape index (κ2) is 5.18. The van der Waals surface area contributed by atoms with Crippen molar-refractivity contribution in [3.63, 3.8) is 0 Å². The fourth-order valence-electron chi connectivity index (χ4n) is 1.39. The molecular weight excluding hydrogens is 235 g/mol. The normalized spacial score (nSPS) is 10.7. The van der Waals surface area contributed by atoms with Gasteiger partial charge in [-0.2, -0.15) is 0 Å². The van der Waals surface area contributed by atoms with Crippen LogP contribution in [0.3, 0.4) is 0 Å². The van der Waals surface area contributed by atoms with E-state index in [1.54, 1.807) is 24.3 Å². The number of hydrogen-bond donors (Lipinski definition) is 1. The molecule has 1 aromatic heterocycles. The van der Waals surface area contributed by atoms with Gasteiger partial charge in [-0.25, -0.2) is 19.2 Å². The molecule has 0 saturated heterocycles. The lowest BCUT2D eigenvalue weighted by molar-refractivity contribution is -0.131. The van der Waals surface area contributed by atoms with Crippen molar-refractivity contribution in [2.24, 2.45) is 0 Å². The van der Waals surface area contributed by atoms with E-state index in [9.17, 15) is 9.18 Å². The van der Waals surface area contributed by atoms with Crippen LogP contribution in [0.25, 0.3) is 17.5 Å².